The topological polar surface area (TPSA) is 60.0 Å². The molecule has 6 nitrogen and oxygen atoms in total. The number of rotatable bonds is 4. The van der Waals surface area contributed by atoms with Crippen LogP contribution in [0.5, 0.6) is 0 Å². The molecule has 0 saturated carbocycles. The smallest absolute Gasteiger partial charge is 0.209 e. The lowest BCUT2D eigenvalue weighted by molar-refractivity contribution is 0.179. The van der Waals surface area contributed by atoms with Crippen LogP contribution < -0.4 is 0 Å². The van der Waals surface area contributed by atoms with Crippen molar-refractivity contribution in [1.29, 1.82) is 0 Å². The predicted molar refractivity (Wildman–Crippen MR) is 107 cm³/mol. The van der Waals surface area contributed by atoms with Crippen LogP contribution in [0.3, 0.4) is 0 Å². The number of piperidine rings is 1. The highest BCUT2D eigenvalue weighted by Gasteiger charge is 2.28. The van der Waals surface area contributed by atoms with E-state index in [1.54, 1.807) is 0 Å². The summed E-state index contributed by atoms with van der Waals surface area (Å²) in [6.45, 7) is 3.92. The summed E-state index contributed by atoms with van der Waals surface area (Å²) in [5.74, 6) is 4.46. The monoisotopic (exact) mass is 377 g/mol. The average Bonchev–Trinajstić information content (AvgIpc) is 3.30. The summed E-state index contributed by atoms with van der Waals surface area (Å²) in [6.07, 6.45) is 9.06. The van der Waals surface area contributed by atoms with Crippen LogP contribution in [0.4, 0.5) is 0 Å². The van der Waals surface area contributed by atoms with Crippen LogP contribution in [-0.2, 0) is 19.5 Å². The van der Waals surface area contributed by atoms with Crippen molar-refractivity contribution in [3.8, 4) is 11.3 Å². The van der Waals surface area contributed by atoms with E-state index >= 15 is 0 Å². The molecule has 0 radical (unpaired) electrons. The molecule has 1 saturated heterocycles. The lowest BCUT2D eigenvalue weighted by Gasteiger charge is -2.31. The third-order valence-corrected chi connectivity index (χ3v) is 5.98. The van der Waals surface area contributed by atoms with Crippen molar-refractivity contribution in [3.63, 3.8) is 0 Å². The first kappa shape index (κ1) is 17.6. The molecular weight excluding hydrogens is 350 g/mol. The van der Waals surface area contributed by atoms with E-state index in [4.69, 9.17) is 4.42 Å². The largest absolute Gasteiger partial charge is 0.439 e. The number of benzene rings is 1. The molecule has 2 aromatic heterocycles. The minimum Gasteiger partial charge on any atom is -0.439 e. The van der Waals surface area contributed by atoms with Crippen LogP contribution in [0.25, 0.3) is 11.3 Å². The van der Waals surface area contributed by atoms with Gasteiger partial charge in [0, 0.05) is 31.0 Å². The second-order valence-corrected chi connectivity index (χ2v) is 8.00. The van der Waals surface area contributed by atoms with Crippen molar-refractivity contribution in [2.24, 2.45) is 0 Å². The predicted octanol–water partition coefficient (Wildman–Crippen LogP) is 4.04. The summed E-state index contributed by atoms with van der Waals surface area (Å²) in [5, 5.41) is 9.10. The molecular formula is C22H27N5O. The van der Waals surface area contributed by atoms with Crippen LogP contribution in [0.1, 0.15) is 55.6 Å². The van der Waals surface area contributed by atoms with Crippen LogP contribution in [0.15, 0.2) is 40.9 Å². The molecule has 28 heavy (non-hydrogen) atoms. The van der Waals surface area contributed by atoms with Gasteiger partial charge in [-0.3, -0.25) is 4.90 Å². The minimum absolute atomic E-state index is 0.455. The molecule has 4 heterocycles. The molecule has 0 aliphatic carbocycles. The molecule has 1 fully saturated rings. The fourth-order valence-electron chi connectivity index (χ4n) is 4.53. The van der Waals surface area contributed by atoms with Gasteiger partial charge in [0.2, 0.25) is 5.89 Å². The summed E-state index contributed by atoms with van der Waals surface area (Å²) in [4.78, 5) is 6.97. The van der Waals surface area contributed by atoms with Crippen LogP contribution >= 0.6 is 0 Å². The Labute approximate surface area is 165 Å². The Morgan fingerprint density at radius 1 is 1.00 bits per heavy atom. The maximum atomic E-state index is 6.02. The Balaban J connectivity index is 1.28. The fourth-order valence-corrected chi connectivity index (χ4v) is 4.53. The van der Waals surface area contributed by atoms with Gasteiger partial charge in [0.15, 0.2) is 5.76 Å². The second kappa shape index (κ2) is 7.87. The molecule has 0 bridgehead atoms. The SMILES string of the molecule is c1ccc(-c2cnc(CN3CCCC(c4nnc5n4CCCCC5)C3)o2)cc1. The standard InChI is InChI=1S/C22H27N5O/c1-3-8-17(9-4-1)19-14-23-21(28-19)16-26-12-7-10-18(15-26)22-25-24-20-11-5-2-6-13-27(20)22/h1,3-4,8-9,14,18H,2,5-7,10-13,15-16H2. The number of fused-ring (bicyclic) bond motifs is 1. The van der Waals surface area contributed by atoms with E-state index in [-0.39, 0.29) is 0 Å². The zero-order chi connectivity index (χ0) is 18.8. The van der Waals surface area contributed by atoms with Gasteiger partial charge in [-0.15, -0.1) is 10.2 Å². The van der Waals surface area contributed by atoms with Gasteiger partial charge < -0.3 is 8.98 Å². The molecule has 6 heteroatoms. The zero-order valence-corrected chi connectivity index (χ0v) is 16.3. The number of hydrogen-bond acceptors (Lipinski definition) is 5. The highest BCUT2D eigenvalue weighted by atomic mass is 16.4. The number of hydrogen-bond donors (Lipinski definition) is 0. The second-order valence-electron chi connectivity index (χ2n) is 8.00. The van der Waals surface area contributed by atoms with Crippen LogP contribution in [0, 0.1) is 0 Å². The summed E-state index contributed by atoms with van der Waals surface area (Å²) < 4.78 is 8.42. The van der Waals surface area contributed by atoms with Gasteiger partial charge >= 0.3 is 0 Å². The van der Waals surface area contributed by atoms with Crippen molar-refractivity contribution < 1.29 is 4.42 Å². The third kappa shape index (κ3) is 3.61. The maximum Gasteiger partial charge on any atom is 0.209 e. The van der Waals surface area contributed by atoms with Gasteiger partial charge in [-0.2, -0.15) is 0 Å². The Morgan fingerprint density at radius 2 is 1.93 bits per heavy atom. The molecule has 2 aliphatic heterocycles. The summed E-state index contributed by atoms with van der Waals surface area (Å²) >= 11 is 0. The van der Waals surface area contributed by atoms with Crippen molar-refractivity contribution in [3.05, 3.63) is 54.1 Å². The van der Waals surface area contributed by atoms with Crippen molar-refractivity contribution in [2.75, 3.05) is 13.1 Å². The van der Waals surface area contributed by atoms with E-state index in [2.05, 4.69) is 36.8 Å². The Hall–Kier alpha value is -2.47. The molecule has 3 aromatic rings. The number of aryl methyl sites for hydroxylation is 1. The van der Waals surface area contributed by atoms with E-state index in [1.807, 2.05) is 24.4 Å². The van der Waals surface area contributed by atoms with Gasteiger partial charge in [-0.25, -0.2) is 4.98 Å². The van der Waals surface area contributed by atoms with E-state index < -0.39 is 0 Å². The maximum absolute atomic E-state index is 6.02. The van der Waals surface area contributed by atoms with Gasteiger partial charge in [0.1, 0.15) is 11.6 Å². The third-order valence-electron chi connectivity index (χ3n) is 5.98. The molecule has 5 rings (SSSR count). The average molecular weight is 377 g/mol. The van der Waals surface area contributed by atoms with Crippen LogP contribution in [0.2, 0.25) is 0 Å². The number of oxazole rings is 1. The fraction of sp³-hybridized carbons (Fsp3) is 0.500. The lowest BCUT2D eigenvalue weighted by Crippen LogP contribution is -2.35. The summed E-state index contributed by atoms with van der Waals surface area (Å²) in [7, 11) is 0. The normalized spacial score (nSPS) is 20.6. The quantitative estimate of drug-likeness (QED) is 0.687. The number of nitrogens with zero attached hydrogens (tertiary/aromatic N) is 5. The van der Waals surface area contributed by atoms with Crippen molar-refractivity contribution >= 4 is 0 Å². The van der Waals surface area contributed by atoms with E-state index in [9.17, 15) is 0 Å². The molecule has 0 N–H and O–H groups in total. The molecule has 1 atom stereocenters. The van der Waals surface area contributed by atoms with Gasteiger partial charge in [0.25, 0.3) is 0 Å². The highest BCUT2D eigenvalue weighted by molar-refractivity contribution is 5.55. The molecule has 146 valence electrons. The minimum atomic E-state index is 0.455. The Kier molecular flexibility index (Phi) is 4.95. The highest BCUT2D eigenvalue weighted by Crippen LogP contribution is 2.29. The van der Waals surface area contributed by atoms with Gasteiger partial charge in [-0.1, -0.05) is 36.8 Å². The summed E-state index contributed by atoms with van der Waals surface area (Å²) in [5.41, 5.74) is 1.07. The van der Waals surface area contributed by atoms with E-state index in [1.165, 1.54) is 43.8 Å². The molecule has 1 unspecified atom stereocenters. The van der Waals surface area contributed by atoms with Gasteiger partial charge in [-0.05, 0) is 32.2 Å². The first-order valence-corrected chi connectivity index (χ1v) is 10.5. The molecule has 0 amide bonds. The molecule has 0 spiro atoms. The van der Waals surface area contributed by atoms with E-state index in [0.29, 0.717) is 5.92 Å². The first-order valence-electron chi connectivity index (χ1n) is 10.5. The molecule has 1 aromatic carbocycles. The lowest BCUT2D eigenvalue weighted by atomic mass is 9.97. The van der Waals surface area contributed by atoms with E-state index in [0.717, 1.165) is 49.8 Å². The number of likely N-dealkylation sites (tertiary alicyclic amines) is 1. The van der Waals surface area contributed by atoms with Crippen molar-refractivity contribution in [2.45, 2.75) is 57.5 Å². The van der Waals surface area contributed by atoms with Gasteiger partial charge in [0.05, 0.1) is 12.7 Å². The molecule has 2 aliphatic rings. The zero-order valence-electron chi connectivity index (χ0n) is 16.3. The first-order chi connectivity index (χ1) is 13.9. The summed E-state index contributed by atoms with van der Waals surface area (Å²) in [6, 6.07) is 10.2. The van der Waals surface area contributed by atoms with Crippen LogP contribution in [-0.4, -0.2) is 37.7 Å². The Bertz CT molecular complexity index is 916. The number of aromatic nitrogens is 4. The van der Waals surface area contributed by atoms with Crippen molar-refractivity contribution in [1.82, 2.24) is 24.6 Å². The Morgan fingerprint density at radius 3 is 2.86 bits per heavy atom.